The van der Waals surface area contributed by atoms with Crippen LogP contribution in [0.2, 0.25) is 0 Å². The summed E-state index contributed by atoms with van der Waals surface area (Å²) in [6.07, 6.45) is 3.92. The molecule has 0 fully saturated rings. The van der Waals surface area contributed by atoms with E-state index in [2.05, 4.69) is 23.8 Å². The molecule has 0 saturated carbocycles. The Morgan fingerprint density at radius 1 is 1.32 bits per heavy atom. The summed E-state index contributed by atoms with van der Waals surface area (Å²) in [5, 5.41) is 4.19. The summed E-state index contributed by atoms with van der Waals surface area (Å²) in [7, 11) is 0. The highest BCUT2D eigenvalue weighted by Gasteiger charge is 2.05. The van der Waals surface area contributed by atoms with Crippen LogP contribution in [0.3, 0.4) is 0 Å². The van der Waals surface area contributed by atoms with Crippen molar-refractivity contribution in [3.63, 3.8) is 0 Å². The second-order valence-corrected chi connectivity index (χ2v) is 4.61. The van der Waals surface area contributed by atoms with E-state index in [0.29, 0.717) is 13.0 Å². The Morgan fingerprint density at radius 3 is 2.53 bits per heavy atom. The molecule has 0 spiro atoms. The van der Waals surface area contributed by atoms with Crippen LogP contribution in [0.25, 0.3) is 0 Å². The average Bonchev–Trinajstić information content (AvgIpc) is 2.38. The number of aromatic nitrogens is 2. The van der Waals surface area contributed by atoms with Gasteiger partial charge < -0.3 is 9.69 Å². The summed E-state index contributed by atoms with van der Waals surface area (Å²) in [5.41, 5.74) is 0.794. The van der Waals surface area contributed by atoms with E-state index in [1.54, 1.807) is 19.2 Å². The molecule has 0 bridgehead atoms. The molecule has 0 aliphatic heterocycles. The number of aryl methyl sites for hydroxylation is 1. The molecular formula is C14H23N3O2. The molecule has 5 nitrogen and oxygen atoms in total. The van der Waals surface area contributed by atoms with Gasteiger partial charge in [0.2, 0.25) is 0 Å². The van der Waals surface area contributed by atoms with Gasteiger partial charge in [-0.1, -0.05) is 0 Å². The normalized spacial score (nSPS) is 10.5. The zero-order valence-corrected chi connectivity index (χ0v) is 12.1. The van der Waals surface area contributed by atoms with Crippen LogP contribution in [0, 0.1) is 0 Å². The first kappa shape index (κ1) is 15.4. The predicted molar refractivity (Wildman–Crippen MR) is 76.6 cm³/mol. The summed E-state index contributed by atoms with van der Waals surface area (Å²) >= 11 is 0. The maximum atomic E-state index is 11.9. The first-order chi connectivity index (χ1) is 9.08. The summed E-state index contributed by atoms with van der Waals surface area (Å²) in [6, 6.07) is 1.63. The highest BCUT2D eigenvalue weighted by Crippen LogP contribution is 2.08. The second-order valence-electron chi connectivity index (χ2n) is 4.61. The lowest BCUT2D eigenvalue weighted by atomic mass is 10.2. The minimum Gasteiger partial charge on any atom is -0.371 e. The van der Waals surface area contributed by atoms with Gasteiger partial charge in [-0.05, 0) is 33.6 Å². The lowest BCUT2D eigenvalue weighted by Crippen LogP contribution is -2.27. The first-order valence-corrected chi connectivity index (χ1v) is 6.90. The van der Waals surface area contributed by atoms with Crippen LogP contribution in [0.5, 0.6) is 0 Å². The van der Waals surface area contributed by atoms with E-state index in [-0.39, 0.29) is 11.3 Å². The number of anilines is 1. The van der Waals surface area contributed by atoms with E-state index in [1.807, 2.05) is 0 Å². The van der Waals surface area contributed by atoms with E-state index >= 15 is 0 Å². The van der Waals surface area contributed by atoms with Gasteiger partial charge in [-0.15, -0.1) is 0 Å². The third kappa shape index (κ3) is 4.85. The minimum atomic E-state index is -0.0766. The zero-order chi connectivity index (χ0) is 14.3. The fourth-order valence-electron chi connectivity index (χ4n) is 1.99. The third-order valence-electron chi connectivity index (χ3n) is 3.13. The number of rotatable bonds is 8. The van der Waals surface area contributed by atoms with Crippen LogP contribution in [-0.4, -0.2) is 28.7 Å². The van der Waals surface area contributed by atoms with Gasteiger partial charge in [0.05, 0.1) is 11.9 Å². The topological polar surface area (TPSA) is 55.2 Å². The Kier molecular flexibility index (Phi) is 6.25. The summed E-state index contributed by atoms with van der Waals surface area (Å²) in [5.74, 6) is 0.192. The summed E-state index contributed by atoms with van der Waals surface area (Å²) in [6.45, 7) is 7.99. The molecule has 1 heterocycles. The minimum absolute atomic E-state index is 0.0766. The number of unbranched alkanes of at least 4 members (excludes halogenated alkanes) is 1. The number of Topliss-reactive ketones (excluding diaryl/α,β-unsaturated/α-hetero) is 1. The van der Waals surface area contributed by atoms with Crippen LogP contribution >= 0.6 is 0 Å². The molecule has 0 saturated heterocycles. The van der Waals surface area contributed by atoms with Crippen molar-refractivity contribution < 1.29 is 4.79 Å². The monoisotopic (exact) mass is 265 g/mol. The SMILES string of the molecule is CCN(CC)c1cnn(CCCCC(C)=O)c(=O)c1. The molecule has 0 atom stereocenters. The van der Waals surface area contributed by atoms with Gasteiger partial charge in [0.25, 0.3) is 5.56 Å². The molecule has 1 rings (SSSR count). The molecule has 1 aromatic rings. The smallest absolute Gasteiger partial charge is 0.268 e. The molecule has 0 unspecified atom stereocenters. The summed E-state index contributed by atoms with van der Waals surface area (Å²) < 4.78 is 1.47. The van der Waals surface area contributed by atoms with Gasteiger partial charge in [0, 0.05) is 32.1 Å². The van der Waals surface area contributed by atoms with Gasteiger partial charge in [-0.3, -0.25) is 4.79 Å². The van der Waals surface area contributed by atoms with Crippen molar-refractivity contribution in [2.75, 3.05) is 18.0 Å². The summed E-state index contributed by atoms with van der Waals surface area (Å²) in [4.78, 5) is 24.8. The van der Waals surface area contributed by atoms with E-state index in [4.69, 9.17) is 0 Å². The fraction of sp³-hybridized carbons (Fsp3) is 0.643. The molecule has 0 amide bonds. The first-order valence-electron chi connectivity index (χ1n) is 6.90. The van der Waals surface area contributed by atoms with Gasteiger partial charge in [0.15, 0.2) is 0 Å². The molecule has 106 valence electrons. The number of hydrogen-bond acceptors (Lipinski definition) is 4. The van der Waals surface area contributed by atoms with Crippen LogP contribution in [-0.2, 0) is 11.3 Å². The van der Waals surface area contributed by atoms with Crippen molar-refractivity contribution in [2.24, 2.45) is 0 Å². The molecule has 0 aliphatic carbocycles. The van der Waals surface area contributed by atoms with Crippen LogP contribution in [0.1, 0.15) is 40.0 Å². The fourth-order valence-corrected chi connectivity index (χ4v) is 1.99. The van der Waals surface area contributed by atoms with Gasteiger partial charge in [0.1, 0.15) is 5.78 Å². The number of carbonyl (C=O) groups is 1. The van der Waals surface area contributed by atoms with Crippen molar-refractivity contribution in [1.29, 1.82) is 0 Å². The van der Waals surface area contributed by atoms with Crippen LogP contribution < -0.4 is 10.5 Å². The third-order valence-corrected chi connectivity index (χ3v) is 3.13. The van der Waals surface area contributed by atoms with Crippen molar-refractivity contribution >= 4 is 11.5 Å². The molecular weight excluding hydrogens is 242 g/mol. The second kappa shape index (κ2) is 7.71. The Hall–Kier alpha value is -1.65. The maximum absolute atomic E-state index is 11.9. The van der Waals surface area contributed by atoms with Crippen LogP contribution in [0.4, 0.5) is 5.69 Å². The lowest BCUT2D eigenvalue weighted by molar-refractivity contribution is -0.117. The zero-order valence-electron chi connectivity index (χ0n) is 12.1. The molecule has 0 aromatic carbocycles. The van der Waals surface area contributed by atoms with Crippen molar-refractivity contribution in [1.82, 2.24) is 9.78 Å². The highest BCUT2D eigenvalue weighted by molar-refractivity contribution is 5.75. The van der Waals surface area contributed by atoms with Gasteiger partial charge >= 0.3 is 0 Å². The highest BCUT2D eigenvalue weighted by atomic mass is 16.1. The number of carbonyl (C=O) groups excluding carboxylic acids is 1. The standard InChI is InChI=1S/C14H23N3O2/c1-4-16(5-2)13-10-14(19)17(15-11-13)9-7-6-8-12(3)18/h10-11H,4-9H2,1-3H3. The van der Waals surface area contributed by atoms with E-state index < -0.39 is 0 Å². The molecule has 0 N–H and O–H groups in total. The van der Waals surface area contributed by atoms with E-state index in [9.17, 15) is 9.59 Å². The van der Waals surface area contributed by atoms with Gasteiger partial charge in [-0.2, -0.15) is 5.10 Å². The molecule has 0 aliphatic rings. The van der Waals surface area contributed by atoms with Gasteiger partial charge in [-0.25, -0.2) is 4.68 Å². The predicted octanol–water partition coefficient (Wildman–Crippen LogP) is 1.85. The van der Waals surface area contributed by atoms with Crippen molar-refractivity contribution in [3.05, 3.63) is 22.6 Å². The van der Waals surface area contributed by atoms with Crippen molar-refractivity contribution in [2.45, 2.75) is 46.6 Å². The van der Waals surface area contributed by atoms with E-state index in [1.165, 1.54) is 4.68 Å². The Morgan fingerprint density at radius 2 is 2.00 bits per heavy atom. The van der Waals surface area contributed by atoms with Crippen LogP contribution in [0.15, 0.2) is 17.1 Å². The quantitative estimate of drug-likeness (QED) is 0.673. The molecule has 19 heavy (non-hydrogen) atoms. The molecule has 0 radical (unpaired) electrons. The Labute approximate surface area is 114 Å². The number of nitrogens with zero attached hydrogens (tertiary/aromatic N) is 3. The largest absolute Gasteiger partial charge is 0.371 e. The number of hydrogen-bond donors (Lipinski definition) is 0. The Balaban J connectivity index is 2.62. The molecule has 1 aromatic heterocycles. The number of ketones is 1. The lowest BCUT2D eigenvalue weighted by Gasteiger charge is -2.20. The Bertz CT molecular complexity index is 464. The molecule has 5 heteroatoms. The maximum Gasteiger partial charge on any atom is 0.268 e. The average molecular weight is 265 g/mol. The van der Waals surface area contributed by atoms with Crippen molar-refractivity contribution in [3.8, 4) is 0 Å². The van der Waals surface area contributed by atoms with E-state index in [0.717, 1.165) is 31.6 Å².